The zero-order valence-corrected chi connectivity index (χ0v) is 10.4. The fourth-order valence-electron chi connectivity index (χ4n) is 1.70. The first-order valence-electron chi connectivity index (χ1n) is 5.35. The van der Waals surface area contributed by atoms with Gasteiger partial charge in [-0.2, -0.15) is 0 Å². The average Bonchev–Trinajstić information content (AvgIpc) is 2.31. The summed E-state index contributed by atoms with van der Waals surface area (Å²) in [6, 6.07) is 10.1. The minimum Gasteiger partial charge on any atom is -0.508 e. The Morgan fingerprint density at radius 3 is 2.78 bits per heavy atom. The molecule has 1 aromatic carbocycles. The van der Waals surface area contributed by atoms with Gasteiger partial charge < -0.3 is 15.4 Å². The Bertz CT molecular complexity index is 649. The van der Waals surface area contributed by atoms with Crippen molar-refractivity contribution in [3.63, 3.8) is 0 Å². The molecule has 0 saturated carbocycles. The Hall–Kier alpha value is -2.14. The highest BCUT2D eigenvalue weighted by molar-refractivity contribution is 7.80. The summed E-state index contributed by atoms with van der Waals surface area (Å²) in [4.78, 5) is 12.1. The van der Waals surface area contributed by atoms with E-state index in [1.54, 1.807) is 36.5 Å². The lowest BCUT2D eigenvalue weighted by molar-refractivity contribution is 0.474. The first-order valence-corrected chi connectivity index (χ1v) is 5.76. The molecule has 0 spiro atoms. The third kappa shape index (κ3) is 2.57. The number of pyridine rings is 1. The van der Waals surface area contributed by atoms with Crippen LogP contribution in [0.15, 0.2) is 47.4 Å². The normalized spacial score (nSPS) is 10.2. The van der Waals surface area contributed by atoms with Crippen LogP contribution < -0.4 is 11.3 Å². The number of benzene rings is 1. The van der Waals surface area contributed by atoms with Crippen LogP contribution in [0, 0.1) is 0 Å². The summed E-state index contributed by atoms with van der Waals surface area (Å²) in [6.45, 7) is 0.365. The molecule has 0 amide bonds. The van der Waals surface area contributed by atoms with Gasteiger partial charge >= 0.3 is 0 Å². The van der Waals surface area contributed by atoms with Crippen LogP contribution in [0.3, 0.4) is 0 Å². The lowest BCUT2D eigenvalue weighted by Crippen LogP contribution is -2.28. The van der Waals surface area contributed by atoms with Crippen molar-refractivity contribution in [2.24, 2.45) is 5.73 Å². The SMILES string of the molecule is NC(=S)c1cccn(Cc2cccc(O)c2)c1=O. The van der Waals surface area contributed by atoms with E-state index in [9.17, 15) is 9.90 Å². The molecule has 0 atom stereocenters. The van der Waals surface area contributed by atoms with Crippen molar-refractivity contribution in [1.29, 1.82) is 0 Å². The molecule has 0 fully saturated rings. The van der Waals surface area contributed by atoms with Gasteiger partial charge in [0, 0.05) is 6.20 Å². The van der Waals surface area contributed by atoms with E-state index in [1.807, 2.05) is 6.07 Å². The number of aromatic hydroxyl groups is 1. The molecule has 0 bridgehead atoms. The highest BCUT2D eigenvalue weighted by Gasteiger charge is 2.06. The quantitative estimate of drug-likeness (QED) is 0.815. The molecule has 0 unspecified atom stereocenters. The van der Waals surface area contributed by atoms with E-state index in [-0.39, 0.29) is 16.3 Å². The highest BCUT2D eigenvalue weighted by Crippen LogP contribution is 2.11. The van der Waals surface area contributed by atoms with Crippen molar-refractivity contribution >= 4 is 17.2 Å². The number of hydrogen-bond acceptors (Lipinski definition) is 3. The Morgan fingerprint density at radius 1 is 1.33 bits per heavy atom. The summed E-state index contributed by atoms with van der Waals surface area (Å²) in [5.74, 6) is 0.172. The van der Waals surface area contributed by atoms with Crippen LogP contribution in [-0.2, 0) is 6.54 Å². The second kappa shape index (κ2) is 5.01. The van der Waals surface area contributed by atoms with E-state index in [0.29, 0.717) is 12.1 Å². The second-order valence-electron chi connectivity index (χ2n) is 3.89. The van der Waals surface area contributed by atoms with E-state index < -0.39 is 0 Å². The Kier molecular flexibility index (Phi) is 3.43. The van der Waals surface area contributed by atoms with E-state index in [2.05, 4.69) is 0 Å². The molecule has 4 nitrogen and oxygen atoms in total. The number of thiocarbonyl (C=S) groups is 1. The van der Waals surface area contributed by atoms with Crippen LogP contribution in [0.5, 0.6) is 5.75 Å². The molecule has 2 rings (SSSR count). The molecule has 3 N–H and O–H groups in total. The van der Waals surface area contributed by atoms with Crippen LogP contribution in [0.25, 0.3) is 0 Å². The molecule has 1 aromatic heterocycles. The van der Waals surface area contributed by atoms with Crippen LogP contribution in [-0.4, -0.2) is 14.7 Å². The average molecular weight is 260 g/mol. The molecular formula is C13H12N2O2S. The Balaban J connectivity index is 2.38. The zero-order valence-electron chi connectivity index (χ0n) is 9.54. The van der Waals surface area contributed by atoms with Gasteiger partial charge in [-0.25, -0.2) is 0 Å². The predicted octanol–water partition coefficient (Wildman–Crippen LogP) is 1.24. The maximum atomic E-state index is 12.0. The number of phenols is 1. The molecular weight excluding hydrogens is 248 g/mol. The zero-order chi connectivity index (χ0) is 13.1. The number of hydrogen-bond donors (Lipinski definition) is 2. The molecule has 92 valence electrons. The lowest BCUT2D eigenvalue weighted by Gasteiger charge is -2.07. The Morgan fingerprint density at radius 2 is 2.11 bits per heavy atom. The monoisotopic (exact) mass is 260 g/mol. The largest absolute Gasteiger partial charge is 0.508 e. The minimum atomic E-state index is -0.228. The molecule has 2 aromatic rings. The second-order valence-corrected chi connectivity index (χ2v) is 4.33. The molecule has 0 aliphatic rings. The van der Waals surface area contributed by atoms with Crippen LogP contribution in [0.1, 0.15) is 11.1 Å². The summed E-state index contributed by atoms with van der Waals surface area (Å²) < 4.78 is 1.50. The maximum absolute atomic E-state index is 12.0. The molecule has 0 radical (unpaired) electrons. The summed E-state index contributed by atoms with van der Waals surface area (Å²) >= 11 is 4.82. The first kappa shape index (κ1) is 12.3. The first-order chi connectivity index (χ1) is 8.58. The number of phenolic OH excluding ortho intramolecular Hbond substituents is 1. The topological polar surface area (TPSA) is 68.2 Å². The highest BCUT2D eigenvalue weighted by atomic mass is 32.1. The molecule has 1 heterocycles. The molecule has 18 heavy (non-hydrogen) atoms. The molecule has 0 aliphatic heterocycles. The third-order valence-electron chi connectivity index (χ3n) is 2.55. The number of nitrogens with two attached hydrogens (primary N) is 1. The van der Waals surface area contributed by atoms with Gasteiger partial charge in [-0.15, -0.1) is 0 Å². The summed E-state index contributed by atoms with van der Waals surface area (Å²) in [6.07, 6.45) is 1.66. The standard InChI is InChI=1S/C13H12N2O2S/c14-12(18)11-5-2-6-15(13(11)17)8-9-3-1-4-10(16)7-9/h1-7,16H,8H2,(H2,14,18). The van der Waals surface area contributed by atoms with E-state index in [0.717, 1.165) is 5.56 Å². The smallest absolute Gasteiger partial charge is 0.261 e. The van der Waals surface area contributed by atoms with Gasteiger partial charge in [-0.3, -0.25) is 4.79 Å². The summed E-state index contributed by atoms with van der Waals surface area (Å²) in [7, 11) is 0. The van der Waals surface area contributed by atoms with Crippen molar-refractivity contribution in [3.05, 3.63) is 64.1 Å². The summed E-state index contributed by atoms with van der Waals surface area (Å²) in [5, 5.41) is 9.38. The molecule has 0 saturated heterocycles. The van der Waals surface area contributed by atoms with Crippen molar-refractivity contribution in [2.75, 3.05) is 0 Å². The third-order valence-corrected chi connectivity index (χ3v) is 2.77. The number of aromatic nitrogens is 1. The lowest BCUT2D eigenvalue weighted by atomic mass is 10.2. The molecule has 5 heteroatoms. The van der Waals surface area contributed by atoms with Crippen LogP contribution in [0.2, 0.25) is 0 Å². The number of rotatable bonds is 3. The van der Waals surface area contributed by atoms with Gasteiger partial charge in [0.2, 0.25) is 0 Å². The van der Waals surface area contributed by atoms with Gasteiger partial charge in [0.1, 0.15) is 10.7 Å². The fourth-order valence-corrected chi connectivity index (χ4v) is 1.86. The van der Waals surface area contributed by atoms with E-state index >= 15 is 0 Å². The van der Waals surface area contributed by atoms with Gasteiger partial charge in [0.05, 0.1) is 12.1 Å². The van der Waals surface area contributed by atoms with Crippen LogP contribution in [0.4, 0.5) is 0 Å². The molecule has 0 aliphatic carbocycles. The van der Waals surface area contributed by atoms with Crippen molar-refractivity contribution in [2.45, 2.75) is 6.54 Å². The van der Waals surface area contributed by atoms with Gasteiger partial charge in [-0.05, 0) is 29.8 Å². The van der Waals surface area contributed by atoms with Crippen molar-refractivity contribution in [1.82, 2.24) is 4.57 Å². The Labute approximate surface area is 109 Å². The predicted molar refractivity (Wildman–Crippen MR) is 73.8 cm³/mol. The maximum Gasteiger partial charge on any atom is 0.261 e. The van der Waals surface area contributed by atoms with Crippen molar-refractivity contribution in [3.8, 4) is 5.75 Å². The van der Waals surface area contributed by atoms with Gasteiger partial charge in [0.15, 0.2) is 0 Å². The van der Waals surface area contributed by atoms with Gasteiger partial charge in [0.25, 0.3) is 5.56 Å². The van der Waals surface area contributed by atoms with Crippen molar-refractivity contribution < 1.29 is 5.11 Å². The van der Waals surface area contributed by atoms with Crippen LogP contribution >= 0.6 is 12.2 Å². The minimum absolute atomic E-state index is 0.0882. The number of nitrogens with zero attached hydrogens (tertiary/aromatic N) is 1. The van der Waals surface area contributed by atoms with E-state index in [4.69, 9.17) is 18.0 Å². The van der Waals surface area contributed by atoms with E-state index in [1.165, 1.54) is 4.57 Å². The summed E-state index contributed by atoms with van der Waals surface area (Å²) in [5.41, 5.74) is 6.41. The van der Waals surface area contributed by atoms with Gasteiger partial charge in [-0.1, -0.05) is 24.4 Å². The fraction of sp³-hybridized carbons (Fsp3) is 0.0769.